The maximum absolute atomic E-state index is 4.98. The molecule has 0 radical (unpaired) electrons. The Labute approximate surface area is 519 Å². The largest absolute Gasteiger partial charge is 0.385 e. The van der Waals surface area contributed by atoms with Gasteiger partial charge in [-0.3, -0.25) is 4.98 Å². The van der Waals surface area contributed by atoms with Gasteiger partial charge >= 0.3 is 0 Å². The summed E-state index contributed by atoms with van der Waals surface area (Å²) in [6, 6.07) is 108. The molecular weight excluding hydrogens is 1100 g/mol. The Balaban J connectivity index is 0.816. The molecule has 424 valence electrons. The Morgan fingerprint density at radius 2 is 0.556 bits per heavy atom. The molecular formula is C82H56N8. The third-order valence-corrected chi connectivity index (χ3v) is 18.3. The molecule has 0 saturated heterocycles. The fraction of sp³-hybridized carbons (Fsp3) is 0.0122. The monoisotopic (exact) mass is 1150 g/mol. The predicted molar refractivity (Wildman–Crippen MR) is 375 cm³/mol. The molecule has 1 N–H and O–H groups in total. The van der Waals surface area contributed by atoms with Crippen molar-refractivity contribution in [3.8, 4) is 22.7 Å². The van der Waals surface area contributed by atoms with Gasteiger partial charge in [-0.2, -0.15) is 0 Å². The van der Waals surface area contributed by atoms with E-state index in [1.807, 2.05) is 12.4 Å². The Kier molecular flexibility index (Phi) is 11.8. The lowest BCUT2D eigenvalue weighted by atomic mass is 9.98. The van der Waals surface area contributed by atoms with E-state index in [9.17, 15) is 0 Å². The lowest BCUT2D eigenvalue weighted by Crippen LogP contribution is -2.28. The highest BCUT2D eigenvalue weighted by Gasteiger charge is 2.27. The molecule has 1 aliphatic heterocycles. The highest BCUT2D eigenvalue weighted by atomic mass is 15.2. The van der Waals surface area contributed by atoms with Crippen molar-refractivity contribution in [2.45, 2.75) is 0 Å². The molecule has 0 saturated carbocycles. The second kappa shape index (κ2) is 20.8. The molecule has 18 rings (SSSR count). The van der Waals surface area contributed by atoms with Crippen molar-refractivity contribution in [1.29, 1.82) is 0 Å². The Hall–Kier alpha value is -12.1. The number of nitrogens with zero attached hydrogens (tertiary/aromatic N) is 7. The standard InChI is InChI=1S/C82H56N8/c1-9-25-73-63(17-1)64-18-2-10-26-74(64)87(73)59-41-33-55(34-42-59)85(56-35-43-60(44-36-56)88-75-27-11-3-19-65(75)66-20-4-12-28-76(66)88)81-53-83-51-49-71(81)72-50-52-84-54-82(72)86(57-37-45-61(46-38-57)89-77-29-13-5-21-67(77)68-22-6-14-30-78(68)89)58-39-47-62(48-40-58)90-79-31-15-7-23-69(79)70-24-8-16-32-80(70)90/h1-53,84H,54H2. The van der Waals surface area contributed by atoms with E-state index in [1.54, 1.807) is 0 Å². The fourth-order valence-corrected chi connectivity index (χ4v) is 14.4. The summed E-state index contributed by atoms with van der Waals surface area (Å²) in [4.78, 5) is 9.79. The lowest BCUT2D eigenvalue weighted by Gasteiger charge is -2.33. The van der Waals surface area contributed by atoms with E-state index in [0.717, 1.165) is 68.0 Å². The van der Waals surface area contributed by atoms with Crippen LogP contribution in [0.2, 0.25) is 0 Å². The third-order valence-electron chi connectivity index (χ3n) is 18.3. The van der Waals surface area contributed by atoms with Crippen LogP contribution in [0.15, 0.2) is 328 Å². The summed E-state index contributed by atoms with van der Waals surface area (Å²) in [5, 5.41) is 13.5. The summed E-state index contributed by atoms with van der Waals surface area (Å²) in [6.45, 7) is 0.553. The molecule has 6 heterocycles. The van der Waals surface area contributed by atoms with Crippen LogP contribution in [0.1, 0.15) is 5.56 Å². The van der Waals surface area contributed by atoms with Crippen LogP contribution in [0, 0.1) is 0 Å². The summed E-state index contributed by atoms with van der Waals surface area (Å²) in [7, 11) is 0. The summed E-state index contributed by atoms with van der Waals surface area (Å²) < 4.78 is 9.53. The van der Waals surface area contributed by atoms with Gasteiger partial charge in [0.1, 0.15) is 0 Å². The number of benzene rings is 12. The van der Waals surface area contributed by atoms with Crippen LogP contribution in [-0.4, -0.2) is 29.8 Å². The smallest absolute Gasteiger partial charge is 0.0724 e. The molecule has 1 aliphatic rings. The van der Waals surface area contributed by atoms with Crippen LogP contribution < -0.4 is 15.1 Å². The quantitative estimate of drug-likeness (QED) is 0.140. The molecule has 0 atom stereocenters. The highest BCUT2D eigenvalue weighted by molar-refractivity contribution is 6.12. The third kappa shape index (κ3) is 8.05. The van der Waals surface area contributed by atoms with Gasteiger partial charge in [0.25, 0.3) is 0 Å². The number of allylic oxidation sites excluding steroid dienone is 2. The number of hydrogen-bond donors (Lipinski definition) is 1. The minimum Gasteiger partial charge on any atom is -0.385 e. The van der Waals surface area contributed by atoms with Gasteiger partial charge < -0.3 is 33.4 Å². The SMILES string of the molecule is C1=CC(c2ccncc2N(c2ccc(-n3c4ccccc4c4ccccc43)cc2)c2ccc(-n3c4ccccc4c4ccccc43)cc2)=C(N(c2ccc(-n3c4ccccc4c4ccccc43)cc2)c2ccc(-n3c4ccccc4c4ccccc43)cc2)CN1. The zero-order valence-electron chi connectivity index (χ0n) is 48.9. The van der Waals surface area contributed by atoms with Crippen LogP contribution in [-0.2, 0) is 0 Å². The van der Waals surface area contributed by atoms with E-state index in [1.165, 1.54) is 87.2 Å². The molecule has 0 amide bonds. The van der Waals surface area contributed by atoms with Crippen molar-refractivity contribution in [3.63, 3.8) is 0 Å². The van der Waals surface area contributed by atoms with Gasteiger partial charge in [-0.15, -0.1) is 0 Å². The molecule has 0 bridgehead atoms. The van der Waals surface area contributed by atoms with E-state index in [0.29, 0.717) is 6.54 Å². The second-order valence-electron chi connectivity index (χ2n) is 23.2. The zero-order chi connectivity index (χ0) is 59.2. The van der Waals surface area contributed by atoms with E-state index in [-0.39, 0.29) is 0 Å². The number of fused-ring (bicyclic) bond motifs is 12. The molecule has 0 aliphatic carbocycles. The molecule has 0 fully saturated rings. The first kappa shape index (κ1) is 51.1. The number of para-hydroxylation sites is 8. The van der Waals surface area contributed by atoms with Gasteiger partial charge in [-0.1, -0.05) is 146 Å². The van der Waals surface area contributed by atoms with Crippen molar-refractivity contribution in [2.24, 2.45) is 0 Å². The number of anilines is 5. The van der Waals surface area contributed by atoms with Crippen molar-refractivity contribution in [1.82, 2.24) is 28.6 Å². The van der Waals surface area contributed by atoms with E-state index >= 15 is 0 Å². The predicted octanol–water partition coefficient (Wildman–Crippen LogP) is 20.6. The summed E-state index contributed by atoms with van der Waals surface area (Å²) >= 11 is 0. The van der Waals surface area contributed by atoms with Crippen LogP contribution >= 0.6 is 0 Å². The fourth-order valence-electron chi connectivity index (χ4n) is 14.4. The normalized spacial score (nSPS) is 12.6. The number of hydrogen-bond acceptors (Lipinski definition) is 4. The van der Waals surface area contributed by atoms with Gasteiger partial charge in [-0.25, -0.2) is 0 Å². The minimum absolute atomic E-state index is 0.553. The maximum atomic E-state index is 4.98. The molecule has 0 unspecified atom stereocenters. The maximum Gasteiger partial charge on any atom is 0.0724 e. The Bertz CT molecular complexity index is 5190. The molecule has 90 heavy (non-hydrogen) atoms. The van der Waals surface area contributed by atoms with E-state index < -0.39 is 0 Å². The van der Waals surface area contributed by atoms with E-state index in [2.05, 4.69) is 343 Å². The molecule has 8 nitrogen and oxygen atoms in total. The van der Waals surface area contributed by atoms with Gasteiger partial charge in [0.15, 0.2) is 0 Å². The minimum atomic E-state index is 0.553. The van der Waals surface area contributed by atoms with E-state index in [4.69, 9.17) is 4.98 Å². The summed E-state index contributed by atoms with van der Waals surface area (Å²) in [5.74, 6) is 0. The highest BCUT2D eigenvalue weighted by Crippen LogP contribution is 2.45. The second-order valence-corrected chi connectivity index (χ2v) is 23.2. The molecule has 0 spiro atoms. The summed E-state index contributed by atoms with van der Waals surface area (Å²) in [6.07, 6.45) is 8.28. The first-order valence-corrected chi connectivity index (χ1v) is 30.7. The molecule has 12 aromatic carbocycles. The Morgan fingerprint density at radius 3 is 0.844 bits per heavy atom. The number of pyridine rings is 1. The van der Waals surface area contributed by atoms with Crippen molar-refractivity contribution >= 4 is 121 Å². The molecule has 8 heteroatoms. The molecule has 17 aromatic rings. The first-order valence-electron chi connectivity index (χ1n) is 30.7. The van der Waals surface area contributed by atoms with Crippen LogP contribution in [0.4, 0.5) is 28.4 Å². The van der Waals surface area contributed by atoms with Gasteiger partial charge in [0, 0.05) is 106 Å². The van der Waals surface area contributed by atoms with Crippen LogP contribution in [0.25, 0.3) is 116 Å². The van der Waals surface area contributed by atoms with Gasteiger partial charge in [-0.05, 0) is 164 Å². The number of dihydropyridines is 1. The van der Waals surface area contributed by atoms with Crippen molar-refractivity contribution < 1.29 is 0 Å². The van der Waals surface area contributed by atoms with Crippen LogP contribution in [0.5, 0.6) is 0 Å². The van der Waals surface area contributed by atoms with Crippen LogP contribution in [0.3, 0.4) is 0 Å². The van der Waals surface area contributed by atoms with Crippen molar-refractivity contribution in [2.75, 3.05) is 16.3 Å². The van der Waals surface area contributed by atoms with Gasteiger partial charge in [0.05, 0.1) is 68.3 Å². The topological polar surface area (TPSA) is 51.1 Å². The van der Waals surface area contributed by atoms with Crippen molar-refractivity contribution in [3.05, 3.63) is 333 Å². The number of rotatable bonds is 11. The van der Waals surface area contributed by atoms with Gasteiger partial charge in [0.2, 0.25) is 0 Å². The Morgan fingerprint density at radius 1 is 0.289 bits per heavy atom. The lowest BCUT2D eigenvalue weighted by molar-refractivity contribution is 0.895. The first-order chi connectivity index (χ1) is 44.7. The average molecular weight is 1150 g/mol. The molecule has 5 aromatic heterocycles. The average Bonchev–Trinajstić information content (AvgIpc) is 1.23. The number of aromatic nitrogens is 5. The zero-order valence-corrected chi connectivity index (χ0v) is 48.9. The number of nitrogens with one attached hydrogen (secondary N) is 1. The summed E-state index contributed by atoms with van der Waals surface area (Å²) in [5.41, 5.74) is 21.9.